The van der Waals surface area contributed by atoms with Crippen LogP contribution in [0.1, 0.15) is 44.1 Å². The fraction of sp³-hybridized carbons (Fsp3) is 0.650. The number of pyridine rings is 1. The van der Waals surface area contributed by atoms with Crippen molar-refractivity contribution in [3.05, 3.63) is 30.1 Å². The van der Waals surface area contributed by atoms with Gasteiger partial charge in [-0.3, -0.25) is 19.5 Å². The van der Waals surface area contributed by atoms with Crippen molar-refractivity contribution >= 4 is 11.8 Å². The fourth-order valence-corrected chi connectivity index (χ4v) is 4.04. The van der Waals surface area contributed by atoms with E-state index in [9.17, 15) is 9.59 Å². The quantitative estimate of drug-likeness (QED) is 0.775. The second-order valence-electron chi connectivity index (χ2n) is 7.47. The second-order valence-corrected chi connectivity index (χ2v) is 7.47. The van der Waals surface area contributed by atoms with Crippen molar-refractivity contribution in [3.8, 4) is 0 Å². The Morgan fingerprint density at radius 1 is 1.31 bits per heavy atom. The molecule has 142 valence electrons. The van der Waals surface area contributed by atoms with Gasteiger partial charge >= 0.3 is 0 Å². The number of hydrogen-bond donors (Lipinski definition) is 2. The molecule has 26 heavy (non-hydrogen) atoms. The molecular weight excluding hydrogens is 328 g/mol. The molecule has 1 saturated heterocycles. The molecule has 1 aliphatic heterocycles. The smallest absolute Gasteiger partial charge is 0.237 e. The normalized spacial score (nSPS) is 22.0. The highest BCUT2D eigenvalue weighted by molar-refractivity contribution is 5.88. The molecule has 0 aromatic carbocycles. The zero-order valence-electron chi connectivity index (χ0n) is 15.5. The minimum Gasteiger partial charge on any atom is -0.356 e. The van der Waals surface area contributed by atoms with Gasteiger partial charge in [0, 0.05) is 38.6 Å². The first-order valence-corrected chi connectivity index (χ1v) is 9.90. The maximum absolute atomic E-state index is 12.4. The van der Waals surface area contributed by atoms with E-state index in [-0.39, 0.29) is 24.3 Å². The third kappa shape index (κ3) is 5.53. The van der Waals surface area contributed by atoms with E-state index >= 15 is 0 Å². The zero-order valence-corrected chi connectivity index (χ0v) is 15.5. The summed E-state index contributed by atoms with van der Waals surface area (Å²) in [6.07, 6.45) is 11.0. The van der Waals surface area contributed by atoms with Crippen LogP contribution in [0.15, 0.2) is 24.5 Å². The number of nitrogens with zero attached hydrogens (tertiary/aromatic N) is 2. The van der Waals surface area contributed by atoms with Crippen LogP contribution in [-0.4, -0.2) is 53.9 Å². The van der Waals surface area contributed by atoms with Crippen LogP contribution >= 0.6 is 0 Å². The van der Waals surface area contributed by atoms with Crippen LogP contribution in [0.4, 0.5) is 0 Å². The predicted octanol–water partition coefficient (Wildman–Crippen LogP) is 1.51. The van der Waals surface area contributed by atoms with Crippen LogP contribution in [0.3, 0.4) is 0 Å². The van der Waals surface area contributed by atoms with Crippen molar-refractivity contribution < 1.29 is 9.59 Å². The van der Waals surface area contributed by atoms with Crippen LogP contribution < -0.4 is 10.6 Å². The lowest BCUT2D eigenvalue weighted by Gasteiger charge is -2.37. The molecule has 6 heteroatoms. The van der Waals surface area contributed by atoms with Gasteiger partial charge in [0.25, 0.3) is 0 Å². The van der Waals surface area contributed by atoms with Gasteiger partial charge in [0.05, 0.1) is 12.5 Å². The third-order valence-corrected chi connectivity index (χ3v) is 5.50. The third-order valence-electron chi connectivity index (χ3n) is 5.50. The van der Waals surface area contributed by atoms with Gasteiger partial charge in [-0.25, -0.2) is 0 Å². The van der Waals surface area contributed by atoms with E-state index in [1.807, 2.05) is 18.3 Å². The monoisotopic (exact) mass is 358 g/mol. The summed E-state index contributed by atoms with van der Waals surface area (Å²) < 4.78 is 0. The van der Waals surface area contributed by atoms with Crippen molar-refractivity contribution in [2.75, 3.05) is 26.2 Å². The lowest BCUT2D eigenvalue weighted by Crippen LogP contribution is -2.57. The Labute approximate surface area is 155 Å². The number of rotatable bonds is 7. The van der Waals surface area contributed by atoms with Gasteiger partial charge in [0.2, 0.25) is 11.8 Å². The average molecular weight is 358 g/mol. The molecule has 3 rings (SSSR count). The first kappa shape index (κ1) is 18.8. The molecule has 2 N–H and O–H groups in total. The molecule has 1 atom stereocenters. The number of aromatic nitrogens is 1. The maximum atomic E-state index is 12.4. The number of amides is 2. The van der Waals surface area contributed by atoms with Crippen molar-refractivity contribution in [2.45, 2.75) is 51.0 Å². The minimum atomic E-state index is -0.330. The lowest BCUT2D eigenvalue weighted by molar-refractivity contribution is -0.134. The van der Waals surface area contributed by atoms with E-state index in [2.05, 4.69) is 20.5 Å². The van der Waals surface area contributed by atoms with Crippen LogP contribution in [0.2, 0.25) is 0 Å². The highest BCUT2D eigenvalue weighted by Gasteiger charge is 2.33. The van der Waals surface area contributed by atoms with Crippen LogP contribution in [0, 0.1) is 5.92 Å². The van der Waals surface area contributed by atoms with Gasteiger partial charge in [-0.1, -0.05) is 25.3 Å². The Bertz CT molecular complexity index is 587. The average Bonchev–Trinajstić information content (AvgIpc) is 2.66. The van der Waals surface area contributed by atoms with Gasteiger partial charge in [0.15, 0.2) is 0 Å². The molecule has 1 saturated carbocycles. The largest absolute Gasteiger partial charge is 0.356 e. The molecule has 1 aromatic rings. The Morgan fingerprint density at radius 2 is 2.15 bits per heavy atom. The molecule has 6 nitrogen and oxygen atoms in total. The summed E-state index contributed by atoms with van der Waals surface area (Å²) in [4.78, 5) is 31.0. The molecule has 1 aliphatic carbocycles. The lowest BCUT2D eigenvalue weighted by atomic mass is 9.88. The van der Waals surface area contributed by atoms with E-state index in [0.29, 0.717) is 19.0 Å². The van der Waals surface area contributed by atoms with E-state index in [1.54, 1.807) is 6.20 Å². The molecule has 1 aromatic heterocycles. The number of carbonyl (C=O) groups excluding carboxylic acids is 2. The minimum absolute atomic E-state index is 0.00512. The molecule has 2 heterocycles. The second kappa shape index (κ2) is 9.67. The van der Waals surface area contributed by atoms with E-state index in [0.717, 1.165) is 25.1 Å². The Morgan fingerprint density at radius 3 is 2.92 bits per heavy atom. The molecule has 2 fully saturated rings. The van der Waals surface area contributed by atoms with Gasteiger partial charge < -0.3 is 10.6 Å². The predicted molar refractivity (Wildman–Crippen MR) is 101 cm³/mol. The topological polar surface area (TPSA) is 74.3 Å². The van der Waals surface area contributed by atoms with Gasteiger partial charge in [-0.15, -0.1) is 0 Å². The van der Waals surface area contributed by atoms with Gasteiger partial charge in [0.1, 0.15) is 0 Å². The summed E-state index contributed by atoms with van der Waals surface area (Å²) in [5.41, 5.74) is 1.10. The molecular formula is C20H30N4O2. The van der Waals surface area contributed by atoms with Crippen molar-refractivity contribution in [1.82, 2.24) is 20.5 Å². The van der Waals surface area contributed by atoms with E-state index in [4.69, 9.17) is 0 Å². The van der Waals surface area contributed by atoms with Crippen LogP contribution in [-0.2, 0) is 16.0 Å². The first-order chi connectivity index (χ1) is 12.7. The van der Waals surface area contributed by atoms with E-state index in [1.165, 1.54) is 32.1 Å². The summed E-state index contributed by atoms with van der Waals surface area (Å²) >= 11 is 0. The summed E-state index contributed by atoms with van der Waals surface area (Å²) in [5, 5.41) is 5.87. The molecule has 0 spiro atoms. The standard InChI is InChI=1S/C20H30N4O2/c25-19(22-10-8-16-7-4-9-21-14-16)13-18-20(26)23-11-12-24(18)15-17-5-2-1-3-6-17/h4,7,9,14,17-18H,1-3,5-6,8,10-13,15H2,(H,22,25)(H,23,26)/t18-/m0/s1. The highest BCUT2D eigenvalue weighted by atomic mass is 16.2. The Balaban J connectivity index is 1.47. The Kier molecular flexibility index (Phi) is 7.00. The van der Waals surface area contributed by atoms with Crippen LogP contribution in [0.5, 0.6) is 0 Å². The number of piperazine rings is 1. The maximum Gasteiger partial charge on any atom is 0.237 e. The molecule has 2 amide bonds. The van der Waals surface area contributed by atoms with Crippen molar-refractivity contribution in [2.24, 2.45) is 5.92 Å². The van der Waals surface area contributed by atoms with Gasteiger partial charge in [-0.2, -0.15) is 0 Å². The SMILES string of the molecule is O=C(C[C@H]1C(=O)NCCN1CC1CCCCC1)NCCc1cccnc1. The summed E-state index contributed by atoms with van der Waals surface area (Å²) in [6, 6.07) is 3.57. The Hall–Kier alpha value is -1.95. The number of carbonyl (C=O) groups is 2. The molecule has 2 aliphatic rings. The number of hydrogen-bond acceptors (Lipinski definition) is 4. The fourth-order valence-electron chi connectivity index (χ4n) is 4.04. The van der Waals surface area contributed by atoms with Crippen molar-refractivity contribution in [1.29, 1.82) is 0 Å². The van der Waals surface area contributed by atoms with E-state index < -0.39 is 0 Å². The molecule has 0 radical (unpaired) electrons. The first-order valence-electron chi connectivity index (χ1n) is 9.90. The summed E-state index contributed by atoms with van der Waals surface area (Å²) in [6.45, 7) is 3.04. The zero-order chi connectivity index (χ0) is 18.2. The molecule has 0 bridgehead atoms. The van der Waals surface area contributed by atoms with Crippen molar-refractivity contribution in [3.63, 3.8) is 0 Å². The molecule has 0 unspecified atom stereocenters. The highest BCUT2D eigenvalue weighted by Crippen LogP contribution is 2.25. The summed E-state index contributed by atoms with van der Waals surface area (Å²) in [5.74, 6) is 0.616. The van der Waals surface area contributed by atoms with Crippen LogP contribution in [0.25, 0.3) is 0 Å². The number of nitrogens with one attached hydrogen (secondary N) is 2. The van der Waals surface area contributed by atoms with Gasteiger partial charge in [-0.05, 0) is 36.8 Å². The summed E-state index contributed by atoms with van der Waals surface area (Å²) in [7, 11) is 0.